The number of anilines is 2. The number of benzene rings is 1. The quantitative estimate of drug-likeness (QED) is 0.483. The third-order valence-corrected chi connectivity index (χ3v) is 9.11. The van der Waals surface area contributed by atoms with Crippen molar-refractivity contribution in [2.24, 2.45) is 0 Å². The number of likely N-dealkylation sites (tertiary alicyclic amines) is 2. The molecule has 1 aromatic heterocycles. The summed E-state index contributed by atoms with van der Waals surface area (Å²) in [6.45, 7) is 6.50. The molecule has 2 amide bonds. The first-order valence-corrected chi connectivity index (χ1v) is 15.1. The van der Waals surface area contributed by atoms with Crippen LogP contribution in [-0.4, -0.2) is 89.2 Å². The molecule has 9 nitrogen and oxygen atoms in total. The van der Waals surface area contributed by atoms with Crippen LogP contribution >= 0.6 is 23.2 Å². The van der Waals surface area contributed by atoms with E-state index in [1.54, 1.807) is 25.1 Å². The lowest BCUT2D eigenvalue weighted by molar-refractivity contribution is -0.129. The summed E-state index contributed by atoms with van der Waals surface area (Å²) in [5.41, 5.74) is 1.71. The Bertz CT molecular complexity index is 1270. The van der Waals surface area contributed by atoms with Crippen molar-refractivity contribution in [2.45, 2.75) is 70.1 Å². The number of nitrogens with one attached hydrogen (secondary N) is 2. The molecule has 0 aliphatic carbocycles. The number of hydrogen-bond donors (Lipinski definition) is 2. The number of aromatic nitrogens is 2. The second-order valence-electron chi connectivity index (χ2n) is 11.2. The largest absolute Gasteiger partial charge is 0.378 e. The molecule has 2 unspecified atom stereocenters. The Hall–Kier alpha value is -2.53. The SMILES string of the molecule is CC(=O)N1CCC(c2nc(Nc3ccc(Cl)c(Cl)c3)c(C)c(C(=O)N3CCC(NC4CCOCC4F)CC3)n2)CC1. The first-order chi connectivity index (χ1) is 19.7. The third kappa shape index (κ3) is 7.10. The molecular weight excluding hydrogens is 570 g/mol. The molecule has 3 saturated heterocycles. The van der Waals surface area contributed by atoms with Crippen molar-refractivity contribution in [1.29, 1.82) is 0 Å². The minimum Gasteiger partial charge on any atom is -0.378 e. The lowest BCUT2D eigenvalue weighted by Crippen LogP contribution is -2.52. The maximum atomic E-state index is 14.3. The number of ether oxygens (including phenoxy) is 1. The van der Waals surface area contributed by atoms with Crippen molar-refractivity contribution < 1.29 is 18.7 Å². The van der Waals surface area contributed by atoms with Crippen LogP contribution in [0.2, 0.25) is 10.0 Å². The van der Waals surface area contributed by atoms with Crippen molar-refractivity contribution in [3.8, 4) is 0 Å². The van der Waals surface area contributed by atoms with Crippen LogP contribution in [0.15, 0.2) is 18.2 Å². The van der Waals surface area contributed by atoms with Crippen LogP contribution in [-0.2, 0) is 9.53 Å². The highest BCUT2D eigenvalue weighted by Crippen LogP contribution is 2.32. The second-order valence-corrected chi connectivity index (χ2v) is 12.0. The van der Waals surface area contributed by atoms with Gasteiger partial charge < -0.3 is 25.2 Å². The lowest BCUT2D eigenvalue weighted by atomic mass is 9.95. The molecule has 0 spiro atoms. The van der Waals surface area contributed by atoms with Gasteiger partial charge in [-0.3, -0.25) is 9.59 Å². The van der Waals surface area contributed by atoms with Crippen LogP contribution < -0.4 is 10.6 Å². The minimum absolute atomic E-state index is 0.0233. The van der Waals surface area contributed by atoms with E-state index in [1.807, 2.05) is 16.7 Å². The van der Waals surface area contributed by atoms with Crippen LogP contribution in [0.3, 0.4) is 0 Å². The Balaban J connectivity index is 1.35. The molecule has 0 saturated carbocycles. The molecule has 2 atom stereocenters. The first kappa shape index (κ1) is 29.9. The third-order valence-electron chi connectivity index (χ3n) is 8.37. The molecule has 4 heterocycles. The van der Waals surface area contributed by atoms with Crippen LogP contribution in [0.25, 0.3) is 0 Å². The second kappa shape index (κ2) is 13.2. The molecule has 41 heavy (non-hydrogen) atoms. The molecular formula is C29H37Cl2FN6O3. The van der Waals surface area contributed by atoms with E-state index in [1.165, 1.54) is 0 Å². The summed E-state index contributed by atoms with van der Waals surface area (Å²) in [5.74, 6) is 1.07. The fourth-order valence-corrected chi connectivity index (χ4v) is 6.10. The Labute approximate surface area is 250 Å². The van der Waals surface area contributed by atoms with Gasteiger partial charge in [0, 0.05) is 69.0 Å². The molecule has 3 aliphatic rings. The van der Waals surface area contributed by atoms with Crippen molar-refractivity contribution in [3.63, 3.8) is 0 Å². The van der Waals surface area contributed by atoms with Gasteiger partial charge in [-0.15, -0.1) is 0 Å². The van der Waals surface area contributed by atoms with Crippen LogP contribution in [0.1, 0.15) is 66.8 Å². The summed E-state index contributed by atoms with van der Waals surface area (Å²) < 4.78 is 19.5. The number of halogens is 3. The Morgan fingerprint density at radius 1 is 1.00 bits per heavy atom. The van der Waals surface area contributed by atoms with Gasteiger partial charge in [0.2, 0.25) is 5.91 Å². The molecule has 0 bridgehead atoms. The fraction of sp³-hybridized carbons (Fsp3) is 0.586. The number of piperidine rings is 2. The number of carbonyl (C=O) groups excluding carboxylic acids is 2. The molecule has 2 aromatic rings. The Morgan fingerprint density at radius 3 is 2.37 bits per heavy atom. The van der Waals surface area contributed by atoms with Crippen LogP contribution in [0.4, 0.5) is 15.9 Å². The predicted octanol–water partition coefficient (Wildman–Crippen LogP) is 4.88. The lowest BCUT2D eigenvalue weighted by Gasteiger charge is -2.36. The molecule has 12 heteroatoms. The average molecular weight is 608 g/mol. The maximum Gasteiger partial charge on any atom is 0.272 e. The van der Waals surface area contributed by atoms with Crippen molar-refractivity contribution in [2.75, 3.05) is 44.7 Å². The molecule has 3 fully saturated rings. The van der Waals surface area contributed by atoms with Gasteiger partial charge in [0.05, 0.1) is 16.7 Å². The number of hydrogen-bond acceptors (Lipinski definition) is 7. The van der Waals surface area contributed by atoms with Crippen molar-refractivity contribution in [1.82, 2.24) is 25.1 Å². The van der Waals surface area contributed by atoms with Gasteiger partial charge in [0.25, 0.3) is 5.91 Å². The normalized spacial score (nSPS) is 22.6. The van der Waals surface area contributed by atoms with Gasteiger partial charge in [-0.05, 0) is 57.2 Å². The molecule has 0 radical (unpaired) electrons. The summed E-state index contributed by atoms with van der Waals surface area (Å²) >= 11 is 12.4. The molecule has 1 aromatic carbocycles. The number of amides is 2. The Morgan fingerprint density at radius 2 is 1.71 bits per heavy atom. The summed E-state index contributed by atoms with van der Waals surface area (Å²) in [6, 6.07) is 5.18. The van der Waals surface area contributed by atoms with Gasteiger partial charge in [-0.25, -0.2) is 14.4 Å². The summed E-state index contributed by atoms with van der Waals surface area (Å²) in [5, 5.41) is 7.62. The van der Waals surface area contributed by atoms with Gasteiger partial charge in [-0.1, -0.05) is 23.2 Å². The fourth-order valence-electron chi connectivity index (χ4n) is 5.80. The molecule has 5 rings (SSSR count). The average Bonchev–Trinajstić information content (AvgIpc) is 2.97. The van der Waals surface area contributed by atoms with E-state index in [-0.39, 0.29) is 36.4 Å². The number of rotatable bonds is 6. The van der Waals surface area contributed by atoms with Gasteiger partial charge in [-0.2, -0.15) is 0 Å². The monoisotopic (exact) mass is 606 g/mol. The van der Waals surface area contributed by atoms with Crippen molar-refractivity contribution >= 4 is 46.5 Å². The summed E-state index contributed by atoms with van der Waals surface area (Å²) in [4.78, 5) is 39.1. The predicted molar refractivity (Wildman–Crippen MR) is 157 cm³/mol. The summed E-state index contributed by atoms with van der Waals surface area (Å²) in [6.07, 6.45) is 2.58. The van der Waals surface area contributed by atoms with E-state index >= 15 is 0 Å². The molecule has 3 aliphatic heterocycles. The number of carbonyl (C=O) groups is 2. The highest BCUT2D eigenvalue weighted by Gasteiger charge is 2.32. The summed E-state index contributed by atoms with van der Waals surface area (Å²) in [7, 11) is 0. The number of alkyl halides is 1. The minimum atomic E-state index is -1.01. The highest BCUT2D eigenvalue weighted by atomic mass is 35.5. The highest BCUT2D eigenvalue weighted by molar-refractivity contribution is 6.42. The van der Waals surface area contributed by atoms with Crippen molar-refractivity contribution in [3.05, 3.63) is 45.3 Å². The topological polar surface area (TPSA) is 99.7 Å². The van der Waals surface area contributed by atoms with E-state index in [4.69, 9.17) is 37.9 Å². The van der Waals surface area contributed by atoms with Gasteiger partial charge in [0.15, 0.2) is 0 Å². The van der Waals surface area contributed by atoms with Gasteiger partial charge >= 0.3 is 0 Å². The van der Waals surface area contributed by atoms with Crippen LogP contribution in [0.5, 0.6) is 0 Å². The first-order valence-electron chi connectivity index (χ1n) is 14.3. The standard InChI is InChI=1S/C29H37Cl2FN6O3/c1-17-26(29(40)38-12-7-20(8-13-38)33-25-9-14-41-16-24(25)32)35-28(19-5-10-37(11-6-19)18(2)39)36-27(17)34-21-3-4-22(30)23(31)15-21/h3-4,15,19-20,24-25,33H,5-14,16H2,1-2H3,(H,34,35,36). The smallest absolute Gasteiger partial charge is 0.272 e. The molecule has 2 N–H and O–H groups in total. The zero-order valence-corrected chi connectivity index (χ0v) is 25.0. The zero-order valence-electron chi connectivity index (χ0n) is 23.5. The van der Waals surface area contributed by atoms with E-state index in [0.717, 1.165) is 25.7 Å². The number of nitrogens with zero attached hydrogens (tertiary/aromatic N) is 4. The molecule has 222 valence electrons. The Kier molecular flexibility index (Phi) is 9.63. The van der Waals surface area contributed by atoms with Crippen LogP contribution in [0, 0.1) is 6.92 Å². The maximum absolute atomic E-state index is 14.3. The van der Waals surface area contributed by atoms with E-state index in [2.05, 4.69) is 10.6 Å². The van der Waals surface area contributed by atoms with Gasteiger partial charge in [0.1, 0.15) is 23.5 Å². The van der Waals surface area contributed by atoms with E-state index in [9.17, 15) is 14.0 Å². The van der Waals surface area contributed by atoms with E-state index in [0.29, 0.717) is 77.8 Å². The zero-order chi connectivity index (χ0) is 29.1. The van der Waals surface area contributed by atoms with E-state index < -0.39 is 6.17 Å².